The summed E-state index contributed by atoms with van der Waals surface area (Å²) in [6.45, 7) is 11.8. The van der Waals surface area contributed by atoms with Gasteiger partial charge in [-0.3, -0.25) is 0 Å². The molecule has 0 radical (unpaired) electrons. The number of rotatable bonds is 8. The van der Waals surface area contributed by atoms with Crippen LogP contribution in [0.5, 0.6) is 5.75 Å². The van der Waals surface area contributed by atoms with Crippen LogP contribution in [0.15, 0.2) is 18.2 Å². The van der Waals surface area contributed by atoms with Gasteiger partial charge in [-0.15, -0.1) is 12.3 Å². The Bertz CT molecular complexity index is 465. The minimum absolute atomic E-state index is 0.459. The Hall–Kier alpha value is -1.42. The molecule has 1 nitrogen and oxygen atoms in total. The summed E-state index contributed by atoms with van der Waals surface area (Å²) in [7, 11) is 0. The summed E-state index contributed by atoms with van der Waals surface area (Å²) < 4.78 is 5.97. The Kier molecular flexibility index (Phi) is 7.37. The molecule has 0 N–H and O–H groups in total. The Labute approximate surface area is 131 Å². The summed E-state index contributed by atoms with van der Waals surface area (Å²) in [4.78, 5) is 0. The summed E-state index contributed by atoms with van der Waals surface area (Å²) in [5.41, 5.74) is 2.65. The van der Waals surface area contributed by atoms with Crippen LogP contribution in [0.3, 0.4) is 0 Å². The van der Waals surface area contributed by atoms with Gasteiger partial charge in [-0.1, -0.05) is 53.2 Å². The van der Waals surface area contributed by atoms with Gasteiger partial charge in [-0.05, 0) is 41.4 Å². The van der Waals surface area contributed by atoms with E-state index in [-0.39, 0.29) is 0 Å². The molecule has 0 spiro atoms. The fourth-order valence-electron chi connectivity index (χ4n) is 2.54. The third-order valence-electron chi connectivity index (χ3n) is 3.70. The van der Waals surface area contributed by atoms with Crippen LogP contribution in [0.2, 0.25) is 0 Å². The van der Waals surface area contributed by atoms with Crippen molar-refractivity contribution in [3.05, 3.63) is 29.3 Å². The van der Waals surface area contributed by atoms with Gasteiger partial charge in [-0.25, -0.2) is 0 Å². The van der Waals surface area contributed by atoms with Gasteiger partial charge in [0.1, 0.15) is 5.75 Å². The summed E-state index contributed by atoms with van der Waals surface area (Å²) in [5, 5.41) is 0. The summed E-state index contributed by atoms with van der Waals surface area (Å²) >= 11 is 0. The van der Waals surface area contributed by atoms with E-state index < -0.39 is 0 Å². The molecular weight excluding hydrogens is 256 g/mol. The highest BCUT2D eigenvalue weighted by Crippen LogP contribution is 2.33. The SMILES string of the molecule is C#CCC(CCC)c1ccc(OCC(C)C)c(C(C)C)c1. The normalized spacial score (nSPS) is 12.5. The van der Waals surface area contributed by atoms with Gasteiger partial charge >= 0.3 is 0 Å². The highest BCUT2D eigenvalue weighted by molar-refractivity contribution is 5.41. The molecule has 116 valence electrons. The van der Waals surface area contributed by atoms with Gasteiger partial charge in [0, 0.05) is 6.42 Å². The second kappa shape index (κ2) is 8.78. The molecule has 1 heteroatoms. The zero-order valence-electron chi connectivity index (χ0n) is 14.3. The molecule has 0 bridgehead atoms. The molecule has 0 aromatic heterocycles. The smallest absolute Gasteiger partial charge is 0.122 e. The molecule has 1 unspecified atom stereocenters. The van der Waals surface area contributed by atoms with Crippen LogP contribution < -0.4 is 4.74 Å². The van der Waals surface area contributed by atoms with E-state index in [1.807, 2.05) is 0 Å². The van der Waals surface area contributed by atoms with Crippen LogP contribution in [0.1, 0.15) is 76.8 Å². The van der Waals surface area contributed by atoms with Gasteiger partial charge in [0.2, 0.25) is 0 Å². The molecular formula is C20H30O. The fraction of sp³-hybridized carbons (Fsp3) is 0.600. The van der Waals surface area contributed by atoms with Crippen LogP contribution in [0.25, 0.3) is 0 Å². The van der Waals surface area contributed by atoms with E-state index in [0.29, 0.717) is 17.8 Å². The molecule has 0 amide bonds. The Morgan fingerprint density at radius 3 is 2.43 bits per heavy atom. The van der Waals surface area contributed by atoms with E-state index in [2.05, 4.69) is 58.7 Å². The molecule has 1 atom stereocenters. The van der Waals surface area contributed by atoms with E-state index in [1.54, 1.807) is 0 Å². The first kappa shape index (κ1) is 17.6. The topological polar surface area (TPSA) is 9.23 Å². The van der Waals surface area contributed by atoms with Crippen molar-refractivity contribution in [2.45, 2.75) is 65.7 Å². The largest absolute Gasteiger partial charge is 0.493 e. The van der Waals surface area contributed by atoms with E-state index in [1.165, 1.54) is 11.1 Å². The van der Waals surface area contributed by atoms with Crippen molar-refractivity contribution >= 4 is 0 Å². The molecule has 0 aliphatic heterocycles. The molecule has 1 rings (SSSR count). The maximum Gasteiger partial charge on any atom is 0.122 e. The fourth-order valence-corrected chi connectivity index (χ4v) is 2.54. The first-order valence-electron chi connectivity index (χ1n) is 8.19. The number of hydrogen-bond acceptors (Lipinski definition) is 1. The predicted molar refractivity (Wildman–Crippen MR) is 92.0 cm³/mol. The molecule has 0 saturated heterocycles. The summed E-state index contributed by atoms with van der Waals surface area (Å²) in [6.07, 6.45) is 8.66. The van der Waals surface area contributed by atoms with Gasteiger partial charge in [0.25, 0.3) is 0 Å². The molecule has 0 aliphatic carbocycles. The third-order valence-corrected chi connectivity index (χ3v) is 3.70. The first-order chi connectivity index (χ1) is 9.99. The van der Waals surface area contributed by atoms with Crippen molar-refractivity contribution in [3.8, 4) is 18.1 Å². The average molecular weight is 286 g/mol. The van der Waals surface area contributed by atoms with Crippen LogP contribution in [-0.2, 0) is 0 Å². The number of benzene rings is 1. The minimum Gasteiger partial charge on any atom is -0.493 e. The summed E-state index contributed by atoms with van der Waals surface area (Å²) in [6, 6.07) is 6.63. The Morgan fingerprint density at radius 1 is 1.19 bits per heavy atom. The van der Waals surface area contributed by atoms with Crippen molar-refractivity contribution in [3.63, 3.8) is 0 Å². The van der Waals surface area contributed by atoms with E-state index >= 15 is 0 Å². The lowest BCUT2D eigenvalue weighted by Crippen LogP contribution is -2.08. The molecule has 0 aliphatic rings. The van der Waals surface area contributed by atoms with Crippen LogP contribution in [-0.4, -0.2) is 6.61 Å². The minimum atomic E-state index is 0.459. The van der Waals surface area contributed by atoms with Gasteiger partial charge in [0.15, 0.2) is 0 Å². The average Bonchev–Trinajstić information content (AvgIpc) is 2.44. The highest BCUT2D eigenvalue weighted by atomic mass is 16.5. The first-order valence-corrected chi connectivity index (χ1v) is 8.19. The Balaban J connectivity index is 3.03. The number of hydrogen-bond donors (Lipinski definition) is 0. The molecule has 1 aromatic carbocycles. The monoisotopic (exact) mass is 286 g/mol. The lowest BCUT2D eigenvalue weighted by atomic mass is 9.88. The summed E-state index contributed by atoms with van der Waals surface area (Å²) in [5.74, 6) is 5.32. The Morgan fingerprint density at radius 2 is 1.90 bits per heavy atom. The van der Waals surface area contributed by atoms with Crippen molar-refractivity contribution < 1.29 is 4.74 Å². The van der Waals surface area contributed by atoms with Crippen LogP contribution in [0, 0.1) is 18.3 Å². The van der Waals surface area contributed by atoms with E-state index in [4.69, 9.17) is 11.2 Å². The van der Waals surface area contributed by atoms with Crippen LogP contribution in [0.4, 0.5) is 0 Å². The zero-order valence-corrected chi connectivity index (χ0v) is 14.3. The molecule has 0 saturated carbocycles. The standard InChI is InChI=1S/C20H30O/c1-7-9-17(10-8-2)18-11-12-20(21-14-15(3)4)19(13-18)16(5)6/h1,11-13,15-17H,8-10,14H2,2-6H3. The van der Waals surface area contributed by atoms with Gasteiger partial charge in [-0.2, -0.15) is 0 Å². The van der Waals surface area contributed by atoms with E-state index in [9.17, 15) is 0 Å². The lowest BCUT2D eigenvalue weighted by Gasteiger charge is -2.20. The number of ether oxygens (including phenoxy) is 1. The van der Waals surface area contributed by atoms with Crippen molar-refractivity contribution in [1.29, 1.82) is 0 Å². The number of terminal acetylenes is 1. The second-order valence-electron chi connectivity index (χ2n) is 6.55. The van der Waals surface area contributed by atoms with Crippen molar-refractivity contribution in [2.75, 3.05) is 6.61 Å². The lowest BCUT2D eigenvalue weighted by molar-refractivity contribution is 0.267. The second-order valence-corrected chi connectivity index (χ2v) is 6.55. The molecule has 21 heavy (non-hydrogen) atoms. The van der Waals surface area contributed by atoms with Crippen molar-refractivity contribution in [1.82, 2.24) is 0 Å². The van der Waals surface area contributed by atoms with E-state index in [0.717, 1.165) is 31.6 Å². The third kappa shape index (κ3) is 5.46. The predicted octanol–water partition coefficient (Wildman–Crippen LogP) is 5.75. The molecule has 0 fully saturated rings. The maximum atomic E-state index is 5.97. The molecule has 1 aromatic rings. The van der Waals surface area contributed by atoms with Crippen molar-refractivity contribution in [2.24, 2.45) is 5.92 Å². The van der Waals surface area contributed by atoms with Gasteiger partial charge in [0.05, 0.1) is 6.61 Å². The van der Waals surface area contributed by atoms with Gasteiger partial charge < -0.3 is 4.74 Å². The maximum absolute atomic E-state index is 5.97. The highest BCUT2D eigenvalue weighted by Gasteiger charge is 2.15. The quantitative estimate of drug-likeness (QED) is 0.553. The van der Waals surface area contributed by atoms with Crippen LogP contribution >= 0.6 is 0 Å². The molecule has 0 heterocycles. The zero-order chi connectivity index (χ0) is 15.8.